The third-order valence-corrected chi connectivity index (χ3v) is 6.00. The highest BCUT2D eigenvalue weighted by atomic mass is 35.5. The highest BCUT2D eigenvalue weighted by molar-refractivity contribution is 7.99. The molecular weight excluding hydrogens is 380 g/mol. The fourth-order valence-corrected chi connectivity index (χ4v) is 4.42. The number of hydrogen-bond acceptors (Lipinski definition) is 5. The van der Waals surface area contributed by atoms with Gasteiger partial charge in [0.2, 0.25) is 0 Å². The molecule has 0 amide bonds. The number of hydrogen-bond donors (Lipinski definition) is 0. The van der Waals surface area contributed by atoms with Gasteiger partial charge in [-0.15, -0.1) is 10.2 Å². The molecular formula is C20H23ClN4OS. The number of nitrogens with zero attached hydrogens (tertiary/aromatic N) is 4. The summed E-state index contributed by atoms with van der Waals surface area (Å²) in [6.07, 6.45) is 5.70. The Hall–Kier alpha value is -1.76. The molecule has 3 aromatic rings. The second-order valence-electron chi connectivity index (χ2n) is 6.73. The Bertz CT molecular complexity index is 842. The van der Waals surface area contributed by atoms with E-state index in [9.17, 15) is 0 Å². The Labute approximate surface area is 168 Å². The molecule has 1 saturated heterocycles. The van der Waals surface area contributed by atoms with Crippen molar-refractivity contribution in [2.45, 2.75) is 31.0 Å². The number of aromatic nitrogens is 3. The van der Waals surface area contributed by atoms with Crippen molar-refractivity contribution < 1.29 is 4.42 Å². The molecule has 1 aromatic carbocycles. The van der Waals surface area contributed by atoms with E-state index >= 15 is 0 Å². The Morgan fingerprint density at radius 3 is 2.59 bits per heavy atom. The number of rotatable bonds is 7. The Morgan fingerprint density at radius 1 is 1.04 bits per heavy atom. The number of likely N-dealkylation sites (tertiary alicyclic amines) is 1. The molecule has 7 heteroatoms. The Balaban J connectivity index is 1.52. The third kappa shape index (κ3) is 4.75. The summed E-state index contributed by atoms with van der Waals surface area (Å²) in [5, 5.41) is 10.6. The predicted octanol–water partition coefficient (Wildman–Crippen LogP) is 4.82. The van der Waals surface area contributed by atoms with Gasteiger partial charge in [0.25, 0.3) is 0 Å². The molecule has 0 bridgehead atoms. The summed E-state index contributed by atoms with van der Waals surface area (Å²) in [5.74, 6) is 2.74. The summed E-state index contributed by atoms with van der Waals surface area (Å²) in [4.78, 5) is 2.55. The molecule has 0 unspecified atom stereocenters. The zero-order chi connectivity index (χ0) is 18.5. The van der Waals surface area contributed by atoms with E-state index in [1.165, 1.54) is 32.4 Å². The summed E-state index contributed by atoms with van der Waals surface area (Å²) >= 11 is 7.80. The number of piperidine rings is 1. The fraction of sp³-hybridized carbons (Fsp3) is 0.400. The quantitative estimate of drug-likeness (QED) is 0.530. The minimum Gasteiger partial charge on any atom is -0.467 e. The van der Waals surface area contributed by atoms with Crippen LogP contribution in [0.4, 0.5) is 0 Å². The van der Waals surface area contributed by atoms with Crippen LogP contribution in [0, 0.1) is 0 Å². The lowest BCUT2D eigenvalue weighted by molar-refractivity contribution is 0.242. The monoisotopic (exact) mass is 402 g/mol. The van der Waals surface area contributed by atoms with Crippen LogP contribution in [0.3, 0.4) is 0 Å². The van der Waals surface area contributed by atoms with Crippen molar-refractivity contribution in [3.8, 4) is 11.4 Å². The van der Waals surface area contributed by atoms with Crippen molar-refractivity contribution in [1.29, 1.82) is 0 Å². The van der Waals surface area contributed by atoms with E-state index in [0.29, 0.717) is 11.6 Å². The second-order valence-corrected chi connectivity index (χ2v) is 8.23. The molecule has 27 heavy (non-hydrogen) atoms. The number of furan rings is 1. The van der Waals surface area contributed by atoms with E-state index in [4.69, 9.17) is 16.0 Å². The van der Waals surface area contributed by atoms with Gasteiger partial charge in [0.05, 0.1) is 12.8 Å². The molecule has 3 heterocycles. The molecule has 5 nitrogen and oxygen atoms in total. The maximum Gasteiger partial charge on any atom is 0.191 e. The third-order valence-electron chi connectivity index (χ3n) is 4.80. The van der Waals surface area contributed by atoms with Gasteiger partial charge in [-0.1, -0.05) is 29.8 Å². The standard InChI is InChI=1S/C20H23ClN4OS/c21-17-8-6-16(7-9-17)19-22-23-20(25(19)15-18-5-4-13-26-18)27-14-12-24-10-2-1-3-11-24/h4-9,13H,1-3,10-12,14-15H2. The van der Waals surface area contributed by atoms with Gasteiger partial charge in [-0.2, -0.15) is 0 Å². The maximum absolute atomic E-state index is 6.03. The van der Waals surface area contributed by atoms with E-state index in [-0.39, 0.29) is 0 Å². The Morgan fingerprint density at radius 2 is 1.85 bits per heavy atom. The zero-order valence-corrected chi connectivity index (χ0v) is 16.8. The first-order valence-corrected chi connectivity index (χ1v) is 10.7. The van der Waals surface area contributed by atoms with Gasteiger partial charge in [-0.05, 0) is 62.3 Å². The van der Waals surface area contributed by atoms with Crippen LogP contribution in [-0.4, -0.2) is 45.1 Å². The zero-order valence-electron chi connectivity index (χ0n) is 15.2. The summed E-state index contributed by atoms with van der Waals surface area (Å²) in [5.41, 5.74) is 1.00. The van der Waals surface area contributed by atoms with E-state index in [2.05, 4.69) is 19.7 Å². The van der Waals surface area contributed by atoms with Gasteiger partial charge in [0, 0.05) is 22.9 Å². The molecule has 142 valence electrons. The van der Waals surface area contributed by atoms with Crippen molar-refractivity contribution in [3.63, 3.8) is 0 Å². The average Bonchev–Trinajstić information content (AvgIpc) is 3.34. The first-order valence-electron chi connectivity index (χ1n) is 9.36. The number of thioether (sulfide) groups is 1. The summed E-state index contributed by atoms with van der Waals surface area (Å²) in [6, 6.07) is 11.6. The molecule has 2 aromatic heterocycles. The van der Waals surface area contributed by atoms with Gasteiger partial charge < -0.3 is 9.32 Å². The molecule has 4 rings (SSSR count). The van der Waals surface area contributed by atoms with Crippen LogP contribution in [0.25, 0.3) is 11.4 Å². The maximum atomic E-state index is 6.03. The summed E-state index contributed by atoms with van der Waals surface area (Å²) in [6.45, 7) is 4.14. The van der Waals surface area contributed by atoms with Gasteiger partial charge in [-0.3, -0.25) is 4.57 Å². The van der Waals surface area contributed by atoms with E-state index in [1.807, 2.05) is 36.4 Å². The molecule has 0 spiro atoms. The number of benzene rings is 1. The number of halogens is 1. The van der Waals surface area contributed by atoms with Gasteiger partial charge >= 0.3 is 0 Å². The normalized spacial score (nSPS) is 15.3. The predicted molar refractivity (Wildman–Crippen MR) is 109 cm³/mol. The minimum absolute atomic E-state index is 0.615. The molecule has 1 aliphatic rings. The van der Waals surface area contributed by atoms with Crippen LogP contribution in [0.2, 0.25) is 5.02 Å². The SMILES string of the molecule is Clc1ccc(-c2nnc(SCCN3CCCCC3)n2Cc2ccco2)cc1. The molecule has 0 saturated carbocycles. The van der Waals surface area contributed by atoms with Crippen molar-refractivity contribution >= 4 is 23.4 Å². The molecule has 0 aliphatic carbocycles. The largest absolute Gasteiger partial charge is 0.467 e. The van der Waals surface area contributed by atoms with Crippen LogP contribution in [0.1, 0.15) is 25.0 Å². The first kappa shape index (κ1) is 18.6. The summed E-state index contributed by atoms with van der Waals surface area (Å²) in [7, 11) is 0. The van der Waals surface area contributed by atoms with Crippen molar-refractivity contribution in [2.75, 3.05) is 25.4 Å². The molecule has 0 atom stereocenters. The lowest BCUT2D eigenvalue weighted by Gasteiger charge is -2.25. The van der Waals surface area contributed by atoms with Crippen LogP contribution < -0.4 is 0 Å². The van der Waals surface area contributed by atoms with Crippen molar-refractivity contribution in [3.05, 3.63) is 53.4 Å². The van der Waals surface area contributed by atoms with Gasteiger partial charge in [-0.25, -0.2) is 0 Å². The van der Waals surface area contributed by atoms with Crippen LogP contribution in [0.15, 0.2) is 52.2 Å². The first-order chi connectivity index (χ1) is 13.3. The van der Waals surface area contributed by atoms with Crippen LogP contribution in [0.5, 0.6) is 0 Å². The molecule has 1 fully saturated rings. The van der Waals surface area contributed by atoms with E-state index in [1.54, 1.807) is 18.0 Å². The topological polar surface area (TPSA) is 47.1 Å². The van der Waals surface area contributed by atoms with Crippen LogP contribution in [-0.2, 0) is 6.54 Å². The van der Waals surface area contributed by atoms with Gasteiger partial charge in [0.1, 0.15) is 5.76 Å². The van der Waals surface area contributed by atoms with E-state index < -0.39 is 0 Å². The second kappa shape index (κ2) is 8.95. The lowest BCUT2D eigenvalue weighted by atomic mass is 10.1. The van der Waals surface area contributed by atoms with Crippen LogP contribution >= 0.6 is 23.4 Å². The molecule has 1 aliphatic heterocycles. The minimum atomic E-state index is 0.615. The lowest BCUT2D eigenvalue weighted by Crippen LogP contribution is -2.31. The van der Waals surface area contributed by atoms with E-state index in [0.717, 1.165) is 34.6 Å². The highest BCUT2D eigenvalue weighted by Crippen LogP contribution is 2.26. The molecule has 0 N–H and O–H groups in total. The summed E-state index contributed by atoms with van der Waals surface area (Å²) < 4.78 is 7.68. The van der Waals surface area contributed by atoms with Crippen molar-refractivity contribution in [1.82, 2.24) is 19.7 Å². The average molecular weight is 403 g/mol. The smallest absolute Gasteiger partial charge is 0.191 e. The fourth-order valence-electron chi connectivity index (χ4n) is 3.36. The Kier molecular flexibility index (Phi) is 6.17. The van der Waals surface area contributed by atoms with Gasteiger partial charge in [0.15, 0.2) is 11.0 Å². The highest BCUT2D eigenvalue weighted by Gasteiger charge is 2.17. The van der Waals surface area contributed by atoms with Crippen molar-refractivity contribution in [2.24, 2.45) is 0 Å². The molecule has 0 radical (unpaired) electrons.